The molecule has 1 rings (SSSR count). The first-order valence-corrected chi connectivity index (χ1v) is 3.66. The zero-order chi connectivity index (χ0) is 7.56. The molecule has 1 aliphatic heterocycles. The fourth-order valence-corrected chi connectivity index (χ4v) is 1.07. The topological polar surface area (TPSA) is 32.7 Å². The van der Waals surface area contributed by atoms with Crippen LogP contribution in [0.3, 0.4) is 0 Å². The molecule has 0 radical (unpaired) electrons. The zero-order valence-corrected chi connectivity index (χ0v) is 6.58. The molecule has 3 heteroatoms. The Morgan fingerprint density at radius 2 is 2.40 bits per heavy atom. The molecule has 0 saturated carbocycles. The smallest absolute Gasteiger partial charge is 0.0933 e. The van der Waals surface area contributed by atoms with E-state index in [0.717, 1.165) is 13.2 Å². The number of aliphatic hydroxyl groups excluding tert-OH is 1. The second-order valence-electron chi connectivity index (χ2n) is 2.93. The van der Waals surface area contributed by atoms with Crippen molar-refractivity contribution in [2.24, 2.45) is 0 Å². The van der Waals surface area contributed by atoms with E-state index >= 15 is 0 Å². The van der Waals surface area contributed by atoms with Crippen LogP contribution >= 0.6 is 0 Å². The first kappa shape index (κ1) is 7.98. The van der Waals surface area contributed by atoms with Gasteiger partial charge in [0, 0.05) is 12.6 Å². The van der Waals surface area contributed by atoms with Crippen LogP contribution in [0.25, 0.3) is 0 Å². The summed E-state index contributed by atoms with van der Waals surface area (Å²) >= 11 is 0. The Bertz CT molecular complexity index is 108. The average molecular weight is 145 g/mol. The zero-order valence-electron chi connectivity index (χ0n) is 6.58. The van der Waals surface area contributed by atoms with E-state index in [0.29, 0.717) is 6.04 Å². The number of nitrogens with zero attached hydrogens (tertiary/aromatic N) is 1. The van der Waals surface area contributed by atoms with E-state index in [2.05, 4.69) is 18.9 Å². The maximum absolute atomic E-state index is 8.74. The van der Waals surface area contributed by atoms with Crippen LogP contribution in [0.4, 0.5) is 0 Å². The number of aliphatic hydroxyl groups is 1. The number of hydrogen-bond acceptors (Lipinski definition) is 3. The quantitative estimate of drug-likeness (QED) is 0.550. The van der Waals surface area contributed by atoms with Crippen LogP contribution < -0.4 is 0 Å². The van der Waals surface area contributed by atoms with Crippen molar-refractivity contribution in [1.82, 2.24) is 4.90 Å². The van der Waals surface area contributed by atoms with E-state index in [1.807, 2.05) is 0 Å². The average Bonchev–Trinajstić information content (AvgIpc) is 1.95. The van der Waals surface area contributed by atoms with E-state index in [9.17, 15) is 0 Å². The second kappa shape index (κ2) is 3.32. The molecule has 1 fully saturated rings. The van der Waals surface area contributed by atoms with Crippen LogP contribution in [-0.2, 0) is 4.74 Å². The number of rotatable bonds is 1. The number of hydrogen-bond donors (Lipinski definition) is 1. The molecule has 2 atom stereocenters. The first-order valence-electron chi connectivity index (χ1n) is 3.66. The van der Waals surface area contributed by atoms with Crippen molar-refractivity contribution < 1.29 is 9.84 Å². The van der Waals surface area contributed by atoms with Gasteiger partial charge in [0.15, 0.2) is 0 Å². The first-order chi connectivity index (χ1) is 4.74. The van der Waals surface area contributed by atoms with Crippen molar-refractivity contribution in [3.05, 3.63) is 0 Å². The maximum Gasteiger partial charge on any atom is 0.0933 e. The van der Waals surface area contributed by atoms with Crippen molar-refractivity contribution >= 4 is 0 Å². The van der Waals surface area contributed by atoms with Gasteiger partial charge in [-0.2, -0.15) is 0 Å². The van der Waals surface area contributed by atoms with Gasteiger partial charge in [-0.25, -0.2) is 0 Å². The lowest BCUT2D eigenvalue weighted by Gasteiger charge is -2.34. The van der Waals surface area contributed by atoms with E-state index < -0.39 is 0 Å². The molecule has 10 heavy (non-hydrogen) atoms. The lowest BCUT2D eigenvalue weighted by Crippen LogP contribution is -2.47. The molecule has 0 bridgehead atoms. The molecule has 1 N–H and O–H groups in total. The van der Waals surface area contributed by atoms with E-state index in [4.69, 9.17) is 9.84 Å². The van der Waals surface area contributed by atoms with Crippen LogP contribution in [0.15, 0.2) is 0 Å². The molecule has 0 aromatic rings. The fraction of sp³-hybridized carbons (Fsp3) is 1.00. The van der Waals surface area contributed by atoms with Crippen LogP contribution in [0.1, 0.15) is 6.92 Å². The normalized spacial score (nSPS) is 36.3. The van der Waals surface area contributed by atoms with Gasteiger partial charge in [-0.05, 0) is 14.0 Å². The molecule has 1 heterocycles. The van der Waals surface area contributed by atoms with Crippen molar-refractivity contribution in [3.8, 4) is 0 Å². The number of ether oxygens (including phenoxy) is 1. The molecule has 0 aromatic heterocycles. The minimum Gasteiger partial charge on any atom is -0.394 e. The summed E-state index contributed by atoms with van der Waals surface area (Å²) in [4.78, 5) is 2.20. The summed E-state index contributed by atoms with van der Waals surface area (Å²) in [6.07, 6.45) is 0.0289. The van der Waals surface area contributed by atoms with Crippen LogP contribution in [0, 0.1) is 0 Å². The summed E-state index contributed by atoms with van der Waals surface area (Å²) in [5.74, 6) is 0. The van der Waals surface area contributed by atoms with Crippen LogP contribution in [0.5, 0.6) is 0 Å². The van der Waals surface area contributed by atoms with Gasteiger partial charge < -0.3 is 9.84 Å². The Morgan fingerprint density at radius 3 is 2.90 bits per heavy atom. The maximum atomic E-state index is 8.74. The summed E-state index contributed by atoms with van der Waals surface area (Å²) in [5, 5.41) is 8.74. The molecular formula is C7H15NO2. The predicted octanol–water partition coefficient (Wildman–Crippen LogP) is -0.302. The minimum absolute atomic E-state index is 0.0289. The highest BCUT2D eigenvalue weighted by molar-refractivity contribution is 4.73. The minimum atomic E-state index is 0.0289. The Morgan fingerprint density at radius 1 is 1.70 bits per heavy atom. The van der Waals surface area contributed by atoms with Crippen molar-refractivity contribution in [2.75, 3.05) is 26.8 Å². The summed E-state index contributed by atoms with van der Waals surface area (Å²) in [6, 6.07) is 0.489. The lowest BCUT2D eigenvalue weighted by molar-refractivity contribution is -0.0694. The third-order valence-corrected chi connectivity index (χ3v) is 2.02. The summed E-state index contributed by atoms with van der Waals surface area (Å²) in [6.45, 7) is 3.84. The molecule has 60 valence electrons. The molecule has 0 aromatic carbocycles. The summed E-state index contributed by atoms with van der Waals surface area (Å²) in [7, 11) is 2.05. The highest BCUT2D eigenvalue weighted by Gasteiger charge is 2.21. The molecule has 1 unspecified atom stereocenters. The SMILES string of the molecule is CC1CO[C@@H](CO)CN1C. The summed E-state index contributed by atoms with van der Waals surface area (Å²) in [5.41, 5.74) is 0. The summed E-state index contributed by atoms with van der Waals surface area (Å²) < 4.78 is 5.32. The highest BCUT2D eigenvalue weighted by Crippen LogP contribution is 2.07. The molecular weight excluding hydrogens is 130 g/mol. The fourth-order valence-electron chi connectivity index (χ4n) is 1.07. The largest absolute Gasteiger partial charge is 0.394 e. The Labute approximate surface area is 61.6 Å². The Balaban J connectivity index is 2.33. The highest BCUT2D eigenvalue weighted by atomic mass is 16.5. The molecule has 1 saturated heterocycles. The van der Waals surface area contributed by atoms with Gasteiger partial charge in [0.2, 0.25) is 0 Å². The molecule has 0 amide bonds. The van der Waals surface area contributed by atoms with Crippen molar-refractivity contribution in [2.45, 2.75) is 19.1 Å². The van der Waals surface area contributed by atoms with Gasteiger partial charge in [0.25, 0.3) is 0 Å². The van der Waals surface area contributed by atoms with Gasteiger partial charge in [0.05, 0.1) is 19.3 Å². The van der Waals surface area contributed by atoms with Crippen molar-refractivity contribution in [1.29, 1.82) is 0 Å². The number of morpholine rings is 1. The van der Waals surface area contributed by atoms with Gasteiger partial charge in [-0.3, -0.25) is 4.90 Å². The Hall–Kier alpha value is -0.120. The van der Waals surface area contributed by atoms with Gasteiger partial charge >= 0.3 is 0 Å². The van der Waals surface area contributed by atoms with Gasteiger partial charge in [0.1, 0.15) is 0 Å². The molecule has 0 aliphatic carbocycles. The number of likely N-dealkylation sites (N-methyl/N-ethyl adjacent to an activating group) is 1. The lowest BCUT2D eigenvalue weighted by atomic mass is 10.2. The molecule has 0 spiro atoms. The van der Waals surface area contributed by atoms with E-state index in [1.165, 1.54) is 0 Å². The standard InChI is InChI=1S/C7H15NO2/c1-6-5-10-7(4-9)3-8(6)2/h6-7,9H,3-5H2,1-2H3/t6?,7-/m1/s1. The Kier molecular flexibility index (Phi) is 2.65. The van der Waals surface area contributed by atoms with Gasteiger partial charge in [-0.1, -0.05) is 0 Å². The van der Waals surface area contributed by atoms with E-state index in [-0.39, 0.29) is 12.7 Å². The third-order valence-electron chi connectivity index (χ3n) is 2.02. The van der Waals surface area contributed by atoms with Crippen LogP contribution in [0.2, 0.25) is 0 Å². The monoisotopic (exact) mass is 145 g/mol. The van der Waals surface area contributed by atoms with Gasteiger partial charge in [-0.15, -0.1) is 0 Å². The molecule has 1 aliphatic rings. The van der Waals surface area contributed by atoms with Crippen molar-refractivity contribution in [3.63, 3.8) is 0 Å². The second-order valence-corrected chi connectivity index (χ2v) is 2.93. The predicted molar refractivity (Wildman–Crippen MR) is 38.9 cm³/mol. The molecule has 3 nitrogen and oxygen atoms in total. The van der Waals surface area contributed by atoms with Crippen LogP contribution in [-0.4, -0.2) is 49.0 Å². The third kappa shape index (κ3) is 1.68. The van der Waals surface area contributed by atoms with E-state index in [1.54, 1.807) is 0 Å².